The number of carbonyl (C=O) groups is 3. The summed E-state index contributed by atoms with van der Waals surface area (Å²) in [6.45, 7) is 8.59. The highest BCUT2D eigenvalue weighted by molar-refractivity contribution is 5.90. The van der Waals surface area contributed by atoms with Crippen LogP contribution in [0.1, 0.15) is 39.5 Å². The van der Waals surface area contributed by atoms with Crippen LogP contribution < -0.4 is 15.5 Å². The third kappa shape index (κ3) is 5.69. The Kier molecular flexibility index (Phi) is 7.21. The van der Waals surface area contributed by atoms with Gasteiger partial charge in [-0.05, 0) is 63.8 Å². The van der Waals surface area contributed by atoms with E-state index >= 15 is 0 Å². The Bertz CT molecular complexity index is 938. The normalized spacial score (nSPS) is 22.8. The zero-order valence-corrected chi connectivity index (χ0v) is 20.6. The molecule has 0 bridgehead atoms. The number of nitrogens with zero attached hydrogens (tertiary/aromatic N) is 3. The predicted octanol–water partition coefficient (Wildman–Crippen LogP) is 1.88. The molecule has 3 aliphatic rings. The molecule has 3 amide bonds. The number of piperidine rings is 1. The third-order valence-corrected chi connectivity index (χ3v) is 7.77. The van der Waals surface area contributed by atoms with Crippen molar-refractivity contribution in [1.29, 1.82) is 0 Å². The van der Waals surface area contributed by atoms with Crippen LogP contribution in [-0.2, 0) is 9.59 Å². The average Bonchev–Trinajstić information content (AvgIpc) is 3.12. The van der Waals surface area contributed by atoms with E-state index in [0.717, 1.165) is 51.3 Å². The second-order valence-corrected chi connectivity index (χ2v) is 10.6. The van der Waals surface area contributed by atoms with Gasteiger partial charge in [0.15, 0.2) is 0 Å². The van der Waals surface area contributed by atoms with Crippen molar-refractivity contribution in [3.05, 3.63) is 30.1 Å². The largest absolute Gasteiger partial charge is 0.465 e. The van der Waals surface area contributed by atoms with Gasteiger partial charge in [-0.25, -0.2) is 9.18 Å². The molecule has 1 aromatic carbocycles. The second kappa shape index (κ2) is 10.0. The fraction of sp³-hybridized carbons (Fsp3) is 0.640. The molecule has 1 aromatic rings. The minimum atomic E-state index is -1.23. The van der Waals surface area contributed by atoms with E-state index in [0.29, 0.717) is 25.9 Å². The number of hydrogen-bond donors (Lipinski definition) is 3. The molecule has 1 atom stereocenters. The molecule has 0 aromatic heterocycles. The van der Waals surface area contributed by atoms with Crippen molar-refractivity contribution in [2.75, 3.05) is 50.7 Å². The maximum Gasteiger partial charge on any atom is 0.405 e. The smallest absolute Gasteiger partial charge is 0.405 e. The monoisotopic (exact) mass is 489 g/mol. The fourth-order valence-electron chi connectivity index (χ4n) is 5.63. The SMILES string of the molecule is CC(C)(NC(=O)O)C(=O)N1CCC2(CC1)CC(CCN1CCN(c3ccc(F)cc3)CC1)NC2=O. The average molecular weight is 490 g/mol. The van der Waals surface area contributed by atoms with Crippen molar-refractivity contribution >= 4 is 23.6 Å². The van der Waals surface area contributed by atoms with Gasteiger partial charge in [-0.3, -0.25) is 14.5 Å². The molecule has 0 radical (unpaired) electrons. The Morgan fingerprint density at radius 2 is 1.74 bits per heavy atom. The lowest BCUT2D eigenvalue weighted by Gasteiger charge is -2.40. The van der Waals surface area contributed by atoms with Crippen LogP contribution in [0.25, 0.3) is 0 Å². The first-order valence-corrected chi connectivity index (χ1v) is 12.4. The van der Waals surface area contributed by atoms with Crippen LogP contribution >= 0.6 is 0 Å². The molecule has 1 spiro atoms. The highest BCUT2D eigenvalue weighted by Gasteiger charge is 2.49. The summed E-state index contributed by atoms with van der Waals surface area (Å²) in [6, 6.07) is 6.76. The first-order valence-electron chi connectivity index (χ1n) is 12.4. The number of carboxylic acid groups (broad SMARTS) is 1. The number of amides is 3. The van der Waals surface area contributed by atoms with Gasteiger partial charge in [0.1, 0.15) is 11.4 Å². The summed E-state index contributed by atoms with van der Waals surface area (Å²) < 4.78 is 13.2. The molecule has 192 valence electrons. The van der Waals surface area contributed by atoms with Crippen LogP contribution in [0.3, 0.4) is 0 Å². The second-order valence-electron chi connectivity index (χ2n) is 10.6. The number of halogens is 1. The molecular weight excluding hydrogens is 453 g/mol. The van der Waals surface area contributed by atoms with Gasteiger partial charge < -0.3 is 25.5 Å². The van der Waals surface area contributed by atoms with Crippen LogP contribution in [0.2, 0.25) is 0 Å². The lowest BCUT2D eigenvalue weighted by atomic mass is 9.75. The Morgan fingerprint density at radius 1 is 1.11 bits per heavy atom. The van der Waals surface area contributed by atoms with Crippen LogP contribution in [0.4, 0.5) is 14.9 Å². The fourth-order valence-corrected chi connectivity index (χ4v) is 5.63. The van der Waals surface area contributed by atoms with E-state index in [1.807, 2.05) is 12.1 Å². The predicted molar refractivity (Wildman–Crippen MR) is 130 cm³/mol. The summed E-state index contributed by atoms with van der Waals surface area (Å²) in [6.07, 6.45) is 1.63. The topological polar surface area (TPSA) is 105 Å². The number of anilines is 1. The van der Waals surface area contributed by atoms with Crippen LogP contribution in [-0.4, -0.2) is 90.2 Å². The quantitative estimate of drug-likeness (QED) is 0.564. The van der Waals surface area contributed by atoms with Crippen molar-refractivity contribution in [2.24, 2.45) is 5.41 Å². The maximum absolute atomic E-state index is 13.2. The van der Waals surface area contributed by atoms with Crippen LogP contribution in [0.5, 0.6) is 0 Å². The number of rotatable bonds is 6. The summed E-state index contributed by atoms with van der Waals surface area (Å²) in [4.78, 5) is 43.0. The lowest BCUT2D eigenvalue weighted by molar-refractivity contribution is -0.142. The highest BCUT2D eigenvalue weighted by atomic mass is 19.1. The van der Waals surface area contributed by atoms with Gasteiger partial charge in [0, 0.05) is 57.5 Å². The highest BCUT2D eigenvalue weighted by Crippen LogP contribution is 2.41. The summed E-state index contributed by atoms with van der Waals surface area (Å²) in [5.41, 5.74) is -0.590. The molecule has 4 rings (SSSR count). The molecule has 1 unspecified atom stereocenters. The number of hydrogen-bond acceptors (Lipinski definition) is 5. The molecule has 35 heavy (non-hydrogen) atoms. The van der Waals surface area contributed by atoms with Crippen molar-refractivity contribution in [1.82, 2.24) is 20.4 Å². The van der Waals surface area contributed by atoms with Crippen molar-refractivity contribution in [2.45, 2.75) is 51.1 Å². The number of likely N-dealkylation sites (tertiary alicyclic amines) is 1. The minimum absolute atomic E-state index is 0.0821. The van der Waals surface area contributed by atoms with E-state index in [1.165, 1.54) is 12.1 Å². The molecule has 3 fully saturated rings. The summed E-state index contributed by atoms with van der Waals surface area (Å²) >= 11 is 0. The molecule has 3 saturated heterocycles. The van der Waals surface area contributed by atoms with Gasteiger partial charge in [0.2, 0.25) is 11.8 Å². The van der Waals surface area contributed by atoms with E-state index in [-0.39, 0.29) is 23.7 Å². The van der Waals surface area contributed by atoms with E-state index in [2.05, 4.69) is 20.4 Å². The number of carbonyl (C=O) groups excluding carboxylic acids is 2. The van der Waals surface area contributed by atoms with Gasteiger partial charge in [-0.15, -0.1) is 0 Å². The first-order chi connectivity index (χ1) is 16.6. The van der Waals surface area contributed by atoms with E-state index in [1.54, 1.807) is 18.7 Å². The van der Waals surface area contributed by atoms with E-state index in [9.17, 15) is 18.8 Å². The number of nitrogens with one attached hydrogen (secondary N) is 2. The third-order valence-electron chi connectivity index (χ3n) is 7.77. The number of piperazine rings is 1. The summed E-state index contributed by atoms with van der Waals surface area (Å²) in [5.74, 6) is -0.400. The Labute approximate surface area is 205 Å². The summed E-state index contributed by atoms with van der Waals surface area (Å²) in [7, 11) is 0. The molecule has 3 heterocycles. The molecule has 9 nitrogen and oxygen atoms in total. The van der Waals surface area contributed by atoms with Crippen molar-refractivity contribution < 1.29 is 23.9 Å². The van der Waals surface area contributed by atoms with Crippen molar-refractivity contribution in [3.63, 3.8) is 0 Å². The minimum Gasteiger partial charge on any atom is -0.465 e. The molecule has 3 N–H and O–H groups in total. The molecule has 0 aliphatic carbocycles. The standard InChI is InChI=1S/C25H36FN5O4/c1-24(2,28-23(34)35)22(33)31-11-8-25(9-12-31)17-19(27-21(25)32)7-10-29-13-15-30(16-14-29)20-5-3-18(26)4-6-20/h3-6,19,28H,7-17H2,1-2H3,(H,27,32)(H,34,35). The van der Waals surface area contributed by atoms with Crippen LogP contribution in [0, 0.1) is 11.2 Å². The molecule has 3 aliphatic heterocycles. The van der Waals surface area contributed by atoms with Crippen molar-refractivity contribution in [3.8, 4) is 0 Å². The molecular formula is C25H36FN5O4. The zero-order chi connectivity index (χ0) is 25.2. The zero-order valence-electron chi connectivity index (χ0n) is 20.6. The summed E-state index contributed by atoms with van der Waals surface area (Å²) in [5, 5.41) is 14.5. The maximum atomic E-state index is 13.2. The van der Waals surface area contributed by atoms with Gasteiger partial charge in [0.25, 0.3) is 0 Å². The van der Waals surface area contributed by atoms with E-state index < -0.39 is 17.0 Å². The van der Waals surface area contributed by atoms with Crippen LogP contribution in [0.15, 0.2) is 24.3 Å². The Balaban J connectivity index is 1.22. The molecule has 0 saturated carbocycles. The van der Waals surface area contributed by atoms with E-state index in [4.69, 9.17) is 5.11 Å². The number of benzene rings is 1. The first kappa shape index (κ1) is 25.2. The van der Waals surface area contributed by atoms with Gasteiger partial charge in [-0.2, -0.15) is 0 Å². The Hall–Kier alpha value is -2.88. The van der Waals surface area contributed by atoms with Gasteiger partial charge in [-0.1, -0.05) is 0 Å². The molecule has 10 heteroatoms. The van der Waals surface area contributed by atoms with Gasteiger partial charge >= 0.3 is 6.09 Å². The lowest BCUT2D eigenvalue weighted by Crippen LogP contribution is -2.58. The Morgan fingerprint density at radius 3 is 2.34 bits per heavy atom. The van der Waals surface area contributed by atoms with Gasteiger partial charge in [0.05, 0.1) is 5.41 Å².